The van der Waals surface area contributed by atoms with Gasteiger partial charge in [0.1, 0.15) is 11.2 Å². The number of nitrogens with one attached hydrogen (secondary N) is 1. The highest BCUT2D eigenvalue weighted by Gasteiger charge is 2.42. The Balaban J connectivity index is 1.22. The molecule has 2 aliphatic carbocycles. The van der Waals surface area contributed by atoms with Gasteiger partial charge in [0.2, 0.25) is 7.28 Å². The van der Waals surface area contributed by atoms with Crippen molar-refractivity contribution in [3.63, 3.8) is 0 Å². The molecule has 1 aliphatic heterocycles. The minimum absolute atomic E-state index is 0.0534. The van der Waals surface area contributed by atoms with Crippen LogP contribution in [0.5, 0.6) is 0 Å². The number of benzene rings is 7. The number of thiophene rings is 1. The standard InChI is InChI=1S/C60H57BN2OS/c1-34-31-43-44(59(7,8)30-29-58(43,5)6)33-46(34)63-47-32-40-37-17-12-15-21-48(37)64-55(40)52(53(47)61-56-54(63)39-19-13-16-22-49(39)65-56)51-45(62-36-25-23-35(24-26-36)57(2,3)4)28-27-42-50(51)38-18-11-14-20-41(38)60(42,9)10/h11-28,31-33,61-62H,29-30H2,1-10H3. The zero-order valence-electron chi connectivity index (χ0n) is 39.5. The molecular formula is C60H57BN2OS. The van der Waals surface area contributed by atoms with Gasteiger partial charge >= 0.3 is 0 Å². The summed E-state index contributed by atoms with van der Waals surface area (Å²) in [7, 11) is 0.791. The molecule has 0 saturated heterocycles. The summed E-state index contributed by atoms with van der Waals surface area (Å²) in [4.78, 5) is 2.67. The van der Waals surface area contributed by atoms with Crippen LogP contribution >= 0.6 is 11.3 Å². The van der Waals surface area contributed by atoms with Crippen LogP contribution in [0, 0.1) is 6.92 Å². The number of nitrogens with zero attached hydrogens (tertiary/aromatic N) is 1. The largest absolute Gasteiger partial charge is 0.455 e. The Morgan fingerprint density at radius 3 is 2.06 bits per heavy atom. The smallest absolute Gasteiger partial charge is 0.211 e. The molecule has 3 aliphatic rings. The topological polar surface area (TPSA) is 28.4 Å². The van der Waals surface area contributed by atoms with Crippen molar-refractivity contribution in [2.75, 3.05) is 10.2 Å². The Bertz CT molecular complexity index is 3460. The molecule has 0 fully saturated rings. The Morgan fingerprint density at radius 2 is 1.31 bits per heavy atom. The van der Waals surface area contributed by atoms with Gasteiger partial charge in [0.05, 0.1) is 5.69 Å². The van der Waals surface area contributed by atoms with E-state index in [1.165, 1.54) is 99.4 Å². The zero-order valence-corrected chi connectivity index (χ0v) is 40.3. The third-order valence-corrected chi connectivity index (χ3v) is 16.8. The van der Waals surface area contributed by atoms with Crippen molar-refractivity contribution in [1.82, 2.24) is 0 Å². The average molecular weight is 865 g/mol. The lowest BCUT2D eigenvalue weighted by Gasteiger charge is -2.43. The number of furan rings is 1. The van der Waals surface area contributed by atoms with Crippen molar-refractivity contribution in [1.29, 1.82) is 0 Å². The number of hydrogen-bond donors (Lipinski definition) is 1. The van der Waals surface area contributed by atoms with E-state index in [4.69, 9.17) is 4.42 Å². The number of aryl methyl sites for hydroxylation is 1. The van der Waals surface area contributed by atoms with Crippen molar-refractivity contribution in [3.8, 4) is 22.3 Å². The number of rotatable bonds is 4. The molecule has 7 aromatic carbocycles. The molecule has 3 heterocycles. The lowest BCUT2D eigenvalue weighted by Crippen LogP contribution is -2.40. The van der Waals surface area contributed by atoms with E-state index in [1.807, 2.05) is 11.3 Å². The second-order valence-electron chi connectivity index (χ2n) is 22.1. The highest BCUT2D eigenvalue weighted by atomic mass is 32.1. The Kier molecular flexibility index (Phi) is 8.56. The Morgan fingerprint density at radius 1 is 0.631 bits per heavy atom. The summed E-state index contributed by atoms with van der Waals surface area (Å²) < 4.78 is 9.96. The molecule has 0 saturated carbocycles. The summed E-state index contributed by atoms with van der Waals surface area (Å²) in [6.07, 6.45) is 2.35. The summed E-state index contributed by atoms with van der Waals surface area (Å²) in [5.74, 6) is 0. The molecule has 322 valence electrons. The fourth-order valence-electron chi connectivity index (χ4n) is 11.8. The quantitative estimate of drug-likeness (QED) is 0.179. The van der Waals surface area contributed by atoms with Gasteiger partial charge in [-0.25, -0.2) is 0 Å². The number of fused-ring (bicyclic) bond motifs is 11. The Labute approximate surface area is 388 Å². The van der Waals surface area contributed by atoms with Crippen molar-refractivity contribution in [3.05, 3.63) is 161 Å². The van der Waals surface area contributed by atoms with Crippen molar-refractivity contribution in [2.45, 2.75) is 104 Å². The first-order valence-corrected chi connectivity index (χ1v) is 24.4. The minimum Gasteiger partial charge on any atom is -0.455 e. The molecule has 1 N–H and O–H groups in total. The molecular weight excluding hydrogens is 808 g/mol. The van der Waals surface area contributed by atoms with Crippen LogP contribution in [0.2, 0.25) is 0 Å². The second kappa shape index (κ2) is 13.7. The first kappa shape index (κ1) is 40.5. The van der Waals surface area contributed by atoms with Crippen LogP contribution < -0.4 is 20.5 Å². The summed E-state index contributed by atoms with van der Waals surface area (Å²) in [5.41, 5.74) is 22.4. The van der Waals surface area contributed by atoms with Crippen LogP contribution in [-0.2, 0) is 21.7 Å². The lowest BCUT2D eigenvalue weighted by molar-refractivity contribution is 0.332. The van der Waals surface area contributed by atoms with Crippen LogP contribution in [0.3, 0.4) is 0 Å². The predicted octanol–water partition coefficient (Wildman–Crippen LogP) is 15.6. The van der Waals surface area contributed by atoms with Gasteiger partial charge in [-0.2, -0.15) is 0 Å². The molecule has 5 heteroatoms. The zero-order chi connectivity index (χ0) is 44.9. The minimum atomic E-state index is -0.194. The average Bonchev–Trinajstić information content (AvgIpc) is 3.91. The Hall–Kier alpha value is -6.04. The predicted molar refractivity (Wildman–Crippen MR) is 282 cm³/mol. The number of para-hydroxylation sites is 1. The van der Waals surface area contributed by atoms with Crippen LogP contribution in [0.4, 0.5) is 28.4 Å². The maximum atomic E-state index is 7.26. The van der Waals surface area contributed by atoms with Crippen molar-refractivity contribution in [2.24, 2.45) is 0 Å². The first-order chi connectivity index (χ1) is 31.0. The van der Waals surface area contributed by atoms with Gasteiger partial charge in [0.25, 0.3) is 0 Å². The van der Waals surface area contributed by atoms with Crippen LogP contribution in [0.15, 0.2) is 132 Å². The van der Waals surface area contributed by atoms with Gasteiger partial charge in [-0.3, -0.25) is 0 Å². The van der Waals surface area contributed by atoms with Gasteiger partial charge in [-0.15, -0.1) is 11.3 Å². The van der Waals surface area contributed by atoms with Gasteiger partial charge in [0.15, 0.2) is 0 Å². The third-order valence-electron chi connectivity index (χ3n) is 15.6. The van der Waals surface area contributed by atoms with Gasteiger partial charge in [-0.05, 0) is 133 Å². The van der Waals surface area contributed by atoms with E-state index in [9.17, 15) is 0 Å². The molecule has 0 amide bonds. The molecule has 12 rings (SSSR count). The van der Waals surface area contributed by atoms with Crippen molar-refractivity contribution < 1.29 is 4.42 Å². The fraction of sp³-hybridized carbons (Fsp3) is 0.267. The molecule has 0 unspecified atom stereocenters. The molecule has 3 nitrogen and oxygen atoms in total. The second-order valence-corrected chi connectivity index (χ2v) is 23.2. The van der Waals surface area contributed by atoms with E-state index in [-0.39, 0.29) is 21.7 Å². The SMILES string of the molecule is Cc1cc2c(cc1N1c3cc4c(oc5ccccc54)c(-c4c(Nc5ccc(C(C)(C)C)cc5)ccc5c4-c4ccccc4C5(C)C)c3Bc3sc4ccccc4c31)C(C)(C)CCC2(C)C. The van der Waals surface area contributed by atoms with Crippen LogP contribution in [-0.4, -0.2) is 7.28 Å². The lowest BCUT2D eigenvalue weighted by atomic mass is 9.61. The highest BCUT2D eigenvalue weighted by molar-refractivity contribution is 7.29. The summed E-state index contributed by atoms with van der Waals surface area (Å²) >= 11 is 1.95. The molecule has 0 spiro atoms. The molecule has 0 atom stereocenters. The molecule has 2 aromatic heterocycles. The van der Waals surface area contributed by atoms with Crippen LogP contribution in [0.1, 0.15) is 109 Å². The van der Waals surface area contributed by atoms with E-state index in [0.717, 1.165) is 47.0 Å². The van der Waals surface area contributed by atoms with E-state index in [1.54, 1.807) is 0 Å². The molecule has 65 heavy (non-hydrogen) atoms. The van der Waals surface area contributed by atoms with Crippen molar-refractivity contribution >= 4 is 89.3 Å². The van der Waals surface area contributed by atoms with Gasteiger partial charge in [0, 0.05) is 60.2 Å². The molecule has 0 radical (unpaired) electrons. The van der Waals surface area contributed by atoms with Gasteiger partial charge in [-0.1, -0.05) is 147 Å². The first-order valence-electron chi connectivity index (χ1n) is 23.6. The van der Waals surface area contributed by atoms with Crippen LogP contribution in [0.25, 0.3) is 54.3 Å². The van der Waals surface area contributed by atoms with E-state index < -0.39 is 0 Å². The summed E-state index contributed by atoms with van der Waals surface area (Å²) in [6.45, 7) is 23.8. The maximum Gasteiger partial charge on any atom is 0.211 e. The van der Waals surface area contributed by atoms with E-state index >= 15 is 0 Å². The fourth-order valence-corrected chi connectivity index (χ4v) is 13.0. The normalized spacial score (nSPS) is 16.5. The van der Waals surface area contributed by atoms with E-state index in [2.05, 4.69) is 207 Å². The summed E-state index contributed by atoms with van der Waals surface area (Å²) in [6, 6.07) is 48.2. The maximum absolute atomic E-state index is 7.26. The van der Waals surface area contributed by atoms with E-state index in [0.29, 0.717) is 0 Å². The third kappa shape index (κ3) is 5.93. The number of hydrogen-bond acceptors (Lipinski definition) is 4. The molecule has 0 bridgehead atoms. The summed E-state index contributed by atoms with van der Waals surface area (Å²) in [5, 5.41) is 7.62. The highest BCUT2D eigenvalue weighted by Crippen LogP contribution is 2.57. The monoisotopic (exact) mass is 864 g/mol. The molecule has 9 aromatic rings. The number of anilines is 5. The van der Waals surface area contributed by atoms with Gasteiger partial charge < -0.3 is 14.6 Å².